The van der Waals surface area contributed by atoms with Gasteiger partial charge in [-0.25, -0.2) is 4.68 Å². The minimum Gasteiger partial charge on any atom is -0.492 e. The van der Waals surface area contributed by atoms with Gasteiger partial charge in [-0.3, -0.25) is 0 Å². The Bertz CT molecular complexity index is 983. The summed E-state index contributed by atoms with van der Waals surface area (Å²) in [5.41, 5.74) is 1.85. The van der Waals surface area contributed by atoms with Gasteiger partial charge in [0.2, 0.25) is 5.95 Å². The van der Waals surface area contributed by atoms with Gasteiger partial charge in [-0.15, -0.1) is 0 Å². The second kappa shape index (κ2) is 8.20. The number of anilines is 1. The Kier molecular flexibility index (Phi) is 5.48. The molecule has 0 radical (unpaired) electrons. The number of nitrogens with zero attached hydrogens (tertiary/aromatic N) is 4. The summed E-state index contributed by atoms with van der Waals surface area (Å²) in [6.45, 7) is -0.433. The van der Waals surface area contributed by atoms with Crippen LogP contribution in [0.1, 0.15) is 36.6 Å². The van der Waals surface area contributed by atoms with E-state index in [2.05, 4.69) is 25.6 Å². The lowest BCUT2D eigenvalue weighted by atomic mass is 9.93. The van der Waals surface area contributed by atoms with Crippen LogP contribution in [0, 0.1) is 0 Å². The molecule has 10 heteroatoms. The molecule has 0 bridgehead atoms. The van der Waals surface area contributed by atoms with Crippen molar-refractivity contribution < 1.29 is 18.3 Å². The monoisotopic (exact) mass is 421 g/mol. The largest absolute Gasteiger partial charge is 0.492 e. The van der Waals surface area contributed by atoms with Crippen molar-refractivity contribution in [2.24, 2.45) is 0 Å². The molecule has 0 unspecified atom stereocenters. The van der Waals surface area contributed by atoms with Crippen molar-refractivity contribution in [3.05, 3.63) is 58.6 Å². The number of nitrogens with one attached hydrogen (secondary N) is 1. The highest BCUT2D eigenvalue weighted by atomic mass is 35.5. The van der Waals surface area contributed by atoms with E-state index >= 15 is 0 Å². The third kappa shape index (κ3) is 4.09. The normalized spacial score (nSPS) is 18.2. The molecule has 2 aromatic carbocycles. The molecule has 0 spiro atoms. The van der Waals surface area contributed by atoms with E-state index in [-0.39, 0.29) is 17.8 Å². The smallest absolute Gasteiger partial charge is 0.387 e. The molecule has 0 fully saturated rings. The topological polar surface area (TPSA) is 74.1 Å². The number of hydrogen-bond donors (Lipinski definition) is 1. The van der Waals surface area contributed by atoms with Gasteiger partial charge in [0.1, 0.15) is 11.5 Å². The Morgan fingerprint density at radius 3 is 2.66 bits per heavy atom. The molecule has 2 atom stereocenters. The van der Waals surface area contributed by atoms with Gasteiger partial charge in [-0.05, 0) is 59.2 Å². The van der Waals surface area contributed by atoms with Crippen molar-refractivity contribution in [1.82, 2.24) is 20.2 Å². The molecule has 2 heterocycles. The van der Waals surface area contributed by atoms with E-state index in [1.54, 1.807) is 16.8 Å². The van der Waals surface area contributed by atoms with Gasteiger partial charge >= 0.3 is 6.61 Å². The first-order chi connectivity index (χ1) is 14.0. The maximum atomic E-state index is 12.4. The maximum Gasteiger partial charge on any atom is 0.387 e. The minimum absolute atomic E-state index is 0.0938. The van der Waals surface area contributed by atoms with Crippen LogP contribution in [0.3, 0.4) is 0 Å². The lowest BCUT2D eigenvalue weighted by Crippen LogP contribution is -2.28. The molecular weight excluding hydrogens is 404 g/mol. The lowest BCUT2D eigenvalue weighted by Gasteiger charge is -2.31. The number of hydrogen-bond acceptors (Lipinski definition) is 6. The van der Waals surface area contributed by atoms with Crippen molar-refractivity contribution in [2.75, 3.05) is 11.9 Å². The van der Waals surface area contributed by atoms with Crippen LogP contribution in [0.5, 0.6) is 11.5 Å². The number of rotatable bonds is 6. The van der Waals surface area contributed by atoms with Crippen LogP contribution in [0.2, 0.25) is 5.02 Å². The lowest BCUT2D eigenvalue weighted by molar-refractivity contribution is -0.0498. The molecule has 7 nitrogen and oxygen atoms in total. The van der Waals surface area contributed by atoms with Crippen molar-refractivity contribution in [3.8, 4) is 11.5 Å². The fraction of sp³-hybridized carbons (Fsp3) is 0.316. The first kappa shape index (κ1) is 19.4. The van der Waals surface area contributed by atoms with Crippen LogP contribution in [0.25, 0.3) is 0 Å². The number of aromatic nitrogens is 4. The van der Waals surface area contributed by atoms with Crippen LogP contribution in [0.4, 0.5) is 14.7 Å². The summed E-state index contributed by atoms with van der Waals surface area (Å²) in [4.78, 5) is 0. The van der Waals surface area contributed by atoms with Gasteiger partial charge in [-0.1, -0.05) is 34.9 Å². The van der Waals surface area contributed by atoms with E-state index in [4.69, 9.17) is 16.3 Å². The summed E-state index contributed by atoms with van der Waals surface area (Å²) in [5.74, 6) is 1.25. The Labute approximate surface area is 170 Å². The third-order valence-corrected chi connectivity index (χ3v) is 4.99. The molecule has 0 saturated carbocycles. The van der Waals surface area contributed by atoms with Gasteiger partial charge in [0.25, 0.3) is 0 Å². The second-order valence-corrected chi connectivity index (χ2v) is 6.87. The van der Waals surface area contributed by atoms with Gasteiger partial charge in [0, 0.05) is 0 Å². The number of alkyl halides is 2. The highest BCUT2D eigenvalue weighted by Gasteiger charge is 2.31. The number of halogens is 3. The second-order valence-electron chi connectivity index (χ2n) is 6.47. The van der Waals surface area contributed by atoms with E-state index in [9.17, 15) is 8.78 Å². The van der Waals surface area contributed by atoms with E-state index in [1.165, 1.54) is 12.1 Å². The minimum atomic E-state index is -2.86. The first-order valence-electron chi connectivity index (χ1n) is 9.06. The van der Waals surface area contributed by atoms with Crippen LogP contribution in [-0.4, -0.2) is 33.4 Å². The van der Waals surface area contributed by atoms with Gasteiger partial charge in [-0.2, -0.15) is 8.78 Å². The predicted molar refractivity (Wildman–Crippen MR) is 103 cm³/mol. The zero-order valence-corrected chi connectivity index (χ0v) is 16.2. The summed E-state index contributed by atoms with van der Waals surface area (Å²) in [7, 11) is 0. The highest BCUT2D eigenvalue weighted by molar-refractivity contribution is 6.32. The Morgan fingerprint density at radius 2 is 1.97 bits per heavy atom. The van der Waals surface area contributed by atoms with Gasteiger partial charge in [0.15, 0.2) is 0 Å². The molecule has 1 aromatic heterocycles. The molecule has 3 aromatic rings. The molecule has 1 aliphatic rings. The van der Waals surface area contributed by atoms with E-state index < -0.39 is 6.61 Å². The van der Waals surface area contributed by atoms with Crippen molar-refractivity contribution in [1.29, 1.82) is 0 Å². The number of benzene rings is 2. The van der Waals surface area contributed by atoms with E-state index in [1.807, 2.05) is 25.1 Å². The standard InChI is InChI=1S/C19H18ClF2N5O2/c1-2-28-17-8-5-12(9-14(17)20)15-10-16(27-19(23-15)24-25-26-27)11-3-6-13(7-4-11)29-18(21)22/h3-9,15-16,18H,2,10H2,1H3,(H,23,24,26)/t15-,16+/m1/s1. The van der Waals surface area contributed by atoms with Crippen LogP contribution < -0.4 is 14.8 Å². The van der Waals surface area contributed by atoms with Crippen molar-refractivity contribution in [3.63, 3.8) is 0 Å². The molecule has 0 saturated heterocycles. The zero-order valence-electron chi connectivity index (χ0n) is 15.4. The summed E-state index contributed by atoms with van der Waals surface area (Å²) in [5, 5.41) is 15.7. The van der Waals surface area contributed by atoms with Crippen molar-refractivity contribution >= 4 is 17.5 Å². The number of tetrazole rings is 1. The van der Waals surface area contributed by atoms with Gasteiger partial charge < -0.3 is 14.8 Å². The SMILES string of the molecule is CCOc1ccc([C@H]2C[C@@H](c3ccc(OC(F)F)cc3)n3nnnc3N2)cc1Cl. The maximum absolute atomic E-state index is 12.4. The van der Waals surface area contributed by atoms with Crippen LogP contribution in [-0.2, 0) is 0 Å². The fourth-order valence-corrected chi connectivity index (χ4v) is 3.65. The van der Waals surface area contributed by atoms with E-state index in [0.717, 1.165) is 11.1 Å². The quantitative estimate of drug-likeness (QED) is 0.633. The molecule has 152 valence electrons. The third-order valence-electron chi connectivity index (χ3n) is 4.70. The molecule has 1 aliphatic heterocycles. The van der Waals surface area contributed by atoms with E-state index in [0.29, 0.717) is 29.7 Å². The molecule has 0 aliphatic carbocycles. The molecule has 4 rings (SSSR count). The number of fused-ring (bicyclic) bond motifs is 1. The Balaban J connectivity index is 1.61. The molecule has 0 amide bonds. The van der Waals surface area contributed by atoms with Crippen LogP contribution in [0.15, 0.2) is 42.5 Å². The summed E-state index contributed by atoms with van der Waals surface area (Å²) >= 11 is 6.35. The Morgan fingerprint density at radius 1 is 1.21 bits per heavy atom. The number of ether oxygens (including phenoxy) is 2. The fourth-order valence-electron chi connectivity index (χ4n) is 3.41. The molecular formula is C19H18ClF2N5O2. The summed E-state index contributed by atoms with van der Waals surface area (Å²) in [6.07, 6.45) is 0.636. The highest BCUT2D eigenvalue weighted by Crippen LogP contribution is 2.39. The summed E-state index contributed by atoms with van der Waals surface area (Å²) < 4.78 is 36.4. The predicted octanol–water partition coefficient (Wildman–Crippen LogP) is 4.47. The molecule has 29 heavy (non-hydrogen) atoms. The average Bonchev–Trinajstić information content (AvgIpc) is 3.18. The zero-order chi connectivity index (χ0) is 20.4. The Hall–Kier alpha value is -2.94. The van der Waals surface area contributed by atoms with Crippen molar-refractivity contribution in [2.45, 2.75) is 32.0 Å². The van der Waals surface area contributed by atoms with Crippen LogP contribution >= 0.6 is 11.6 Å². The first-order valence-corrected chi connectivity index (χ1v) is 9.44. The van der Waals surface area contributed by atoms with Gasteiger partial charge in [0.05, 0.1) is 23.7 Å². The average molecular weight is 422 g/mol. The summed E-state index contributed by atoms with van der Waals surface area (Å²) in [6, 6.07) is 11.9. The molecule has 1 N–H and O–H groups in total.